The van der Waals surface area contributed by atoms with Gasteiger partial charge in [0.05, 0.1) is 0 Å². The number of hydrogen-bond donors (Lipinski definition) is 0. The van der Waals surface area contributed by atoms with Crippen molar-refractivity contribution in [1.29, 1.82) is 0 Å². The normalized spacial score (nSPS) is 15.4. The second-order valence-electron chi connectivity index (χ2n) is 6.77. The van der Waals surface area contributed by atoms with Crippen LogP contribution in [0.3, 0.4) is 0 Å². The second-order valence-corrected chi connectivity index (χ2v) is 16.0. The Morgan fingerprint density at radius 2 is 1.58 bits per heavy atom. The summed E-state index contributed by atoms with van der Waals surface area (Å²) in [5.74, 6) is 2.55. The van der Waals surface area contributed by atoms with Gasteiger partial charge < -0.3 is 4.55 Å². The molecule has 148 valence electrons. The third-order valence-corrected chi connectivity index (χ3v) is 7.65. The van der Waals surface area contributed by atoms with E-state index in [9.17, 15) is 13.2 Å². The summed E-state index contributed by atoms with van der Waals surface area (Å²) in [6.45, 7) is 8.43. The Balaban J connectivity index is 0.000000359. The van der Waals surface area contributed by atoms with Crippen molar-refractivity contribution in [2.75, 3.05) is 17.7 Å². The van der Waals surface area contributed by atoms with Crippen LogP contribution < -0.4 is 0 Å². The number of benzene rings is 1. The van der Waals surface area contributed by atoms with Gasteiger partial charge in [-0.3, -0.25) is 0 Å². The average molecular weight is 446 g/mol. The lowest BCUT2D eigenvalue weighted by molar-refractivity contribution is -0.523. The van der Waals surface area contributed by atoms with Crippen molar-refractivity contribution in [3.63, 3.8) is 0 Å². The Kier molecular flexibility index (Phi) is 8.72. The van der Waals surface area contributed by atoms with Crippen molar-refractivity contribution in [1.82, 2.24) is 0 Å². The van der Waals surface area contributed by atoms with Gasteiger partial charge in [0.2, 0.25) is 0 Å². The summed E-state index contributed by atoms with van der Waals surface area (Å²) in [4.78, 5) is 0. The Labute approximate surface area is 162 Å². The summed E-state index contributed by atoms with van der Waals surface area (Å²) in [5.41, 5.74) is -4.22. The van der Waals surface area contributed by atoms with Gasteiger partial charge in [0, 0.05) is 17.1 Å². The van der Waals surface area contributed by atoms with Crippen LogP contribution in [0.1, 0.15) is 5.56 Å². The summed E-state index contributed by atoms with van der Waals surface area (Å²) in [5, 5.41) is 0. The highest BCUT2D eigenvalue weighted by atomic mass is 32.2. The molecule has 2 rings (SSSR count). The minimum atomic E-state index is -6.09. The number of thioether (sulfide) groups is 2. The van der Waals surface area contributed by atoms with Crippen molar-refractivity contribution >= 4 is 46.1 Å². The summed E-state index contributed by atoms with van der Waals surface area (Å²) >= 11 is 4.08. The molecule has 0 unspecified atom stereocenters. The lowest BCUT2D eigenvalue weighted by atomic mass is 10.2. The van der Waals surface area contributed by atoms with Gasteiger partial charge in [-0.25, -0.2) is 13.0 Å². The van der Waals surface area contributed by atoms with E-state index < -0.39 is 23.7 Å². The molecular weight excluding hydrogens is 423 g/mol. The molecule has 26 heavy (non-hydrogen) atoms. The minimum absolute atomic E-state index is 1.06. The first-order valence-corrected chi connectivity index (χ1v) is 14.8. The largest absolute Gasteiger partial charge is 0.741 e. The Hall–Kier alpha value is -0.493. The van der Waals surface area contributed by atoms with Crippen molar-refractivity contribution in [3.05, 3.63) is 35.9 Å². The maximum absolute atomic E-state index is 10.7. The van der Waals surface area contributed by atoms with E-state index in [0.29, 0.717) is 0 Å². The van der Waals surface area contributed by atoms with Gasteiger partial charge in [0.25, 0.3) is 4.38 Å². The van der Waals surface area contributed by atoms with Gasteiger partial charge in [-0.15, -0.1) is 0 Å². The molecule has 0 bridgehead atoms. The second kappa shape index (κ2) is 9.63. The molecule has 0 amide bonds. The molecule has 1 aliphatic heterocycles. The first kappa shape index (κ1) is 23.5. The van der Waals surface area contributed by atoms with Crippen LogP contribution in [0.2, 0.25) is 19.6 Å². The van der Waals surface area contributed by atoms with Crippen LogP contribution in [0, 0.1) is 0 Å². The Morgan fingerprint density at radius 1 is 1.12 bits per heavy atom. The molecule has 0 saturated carbocycles. The number of hydrogen-bond acceptors (Lipinski definition) is 5. The number of halogens is 3. The predicted molar refractivity (Wildman–Crippen MR) is 104 cm³/mol. The highest BCUT2D eigenvalue weighted by Crippen LogP contribution is 2.27. The molecular formula is C15H22F3NO3S3Si. The summed E-state index contributed by atoms with van der Waals surface area (Å²) < 4.78 is 63.1. The van der Waals surface area contributed by atoms with Crippen LogP contribution in [-0.2, 0) is 16.7 Å². The molecule has 0 aromatic heterocycles. The van der Waals surface area contributed by atoms with Crippen LogP contribution in [0.25, 0.3) is 0 Å². The van der Waals surface area contributed by atoms with E-state index in [4.69, 9.17) is 13.0 Å². The number of nitrogens with zero attached hydrogens (tertiary/aromatic N) is 1. The SMILES string of the molecule is C[Si](C)(C)C[N+](Cc1ccccc1)=C1SCCS1.O=S(=O)([O-])C(F)(F)F. The smallest absolute Gasteiger partial charge is 0.485 e. The lowest BCUT2D eigenvalue weighted by Crippen LogP contribution is -2.36. The number of alkyl halides is 3. The topological polar surface area (TPSA) is 60.2 Å². The van der Waals surface area contributed by atoms with Gasteiger partial charge in [-0.1, -0.05) is 50.0 Å². The van der Waals surface area contributed by atoms with Crippen molar-refractivity contribution in [2.45, 2.75) is 31.7 Å². The molecule has 0 spiro atoms. The maximum atomic E-state index is 10.7. The maximum Gasteiger partial charge on any atom is 0.485 e. The van der Waals surface area contributed by atoms with E-state index >= 15 is 0 Å². The fraction of sp³-hybridized carbons (Fsp3) is 0.533. The van der Waals surface area contributed by atoms with E-state index in [-0.39, 0.29) is 0 Å². The molecule has 1 saturated heterocycles. The van der Waals surface area contributed by atoms with Gasteiger partial charge in [0.15, 0.2) is 16.7 Å². The van der Waals surface area contributed by atoms with E-state index in [1.165, 1.54) is 23.2 Å². The zero-order chi connectivity index (χ0) is 20.0. The highest BCUT2D eigenvalue weighted by molar-refractivity contribution is 8.41. The summed E-state index contributed by atoms with van der Waals surface area (Å²) in [6.07, 6.45) is 1.26. The quantitative estimate of drug-likeness (QED) is 0.304. The predicted octanol–water partition coefficient (Wildman–Crippen LogP) is 3.96. The molecule has 0 radical (unpaired) electrons. The fourth-order valence-electron chi connectivity index (χ4n) is 2.04. The van der Waals surface area contributed by atoms with Crippen LogP contribution >= 0.6 is 23.5 Å². The first-order valence-electron chi connectivity index (χ1n) is 7.73. The molecule has 0 atom stereocenters. The monoisotopic (exact) mass is 445 g/mol. The van der Waals surface area contributed by atoms with Crippen LogP contribution in [0.4, 0.5) is 13.2 Å². The molecule has 11 heteroatoms. The molecule has 1 aromatic carbocycles. The summed E-state index contributed by atoms with van der Waals surface area (Å²) in [6, 6.07) is 10.9. The third kappa shape index (κ3) is 8.93. The lowest BCUT2D eigenvalue weighted by Gasteiger charge is -2.15. The standard InChI is InChI=1S/C14H22NS2Si.CHF3O3S/c1-18(2,3)12-15(14-16-9-10-17-14)11-13-7-5-4-6-8-13;2-1(3,4)8(5,6)7/h4-8H,9-12H2,1-3H3;(H,5,6,7)/q+1;/p-1. The molecule has 1 fully saturated rings. The zero-order valence-corrected chi connectivity index (χ0v) is 18.2. The highest BCUT2D eigenvalue weighted by Gasteiger charge is 2.37. The van der Waals surface area contributed by atoms with Crippen LogP contribution in [0.15, 0.2) is 30.3 Å². The zero-order valence-electron chi connectivity index (χ0n) is 14.7. The molecule has 1 heterocycles. The van der Waals surface area contributed by atoms with Crippen LogP contribution in [-0.4, -0.2) is 53.2 Å². The fourth-order valence-corrected chi connectivity index (χ4v) is 6.16. The van der Waals surface area contributed by atoms with E-state index in [1.807, 2.05) is 23.5 Å². The molecule has 1 aliphatic rings. The molecule has 1 aromatic rings. The Bertz CT molecular complexity index is 709. The van der Waals surface area contributed by atoms with E-state index in [0.717, 1.165) is 6.54 Å². The third-order valence-electron chi connectivity index (χ3n) is 2.96. The number of rotatable bonds is 4. The van der Waals surface area contributed by atoms with Crippen molar-refractivity contribution in [2.24, 2.45) is 0 Å². The average Bonchev–Trinajstić information content (AvgIpc) is 2.99. The van der Waals surface area contributed by atoms with Crippen molar-refractivity contribution < 1.29 is 30.7 Å². The van der Waals surface area contributed by atoms with Crippen LogP contribution in [0.5, 0.6) is 0 Å². The van der Waals surface area contributed by atoms with E-state index in [2.05, 4.69) is 54.5 Å². The van der Waals surface area contributed by atoms with Gasteiger partial charge >= 0.3 is 5.51 Å². The van der Waals surface area contributed by atoms with E-state index in [1.54, 1.807) is 4.38 Å². The van der Waals surface area contributed by atoms with Crippen molar-refractivity contribution in [3.8, 4) is 0 Å². The van der Waals surface area contributed by atoms with Gasteiger partial charge in [-0.05, 0) is 23.5 Å². The first-order chi connectivity index (χ1) is 11.8. The summed E-state index contributed by atoms with van der Waals surface area (Å²) in [7, 11) is -7.15. The molecule has 0 aliphatic carbocycles. The molecule has 4 nitrogen and oxygen atoms in total. The molecule has 0 N–H and O–H groups in total. The minimum Gasteiger partial charge on any atom is -0.741 e. The van der Waals surface area contributed by atoms with Gasteiger partial charge in [-0.2, -0.15) is 13.2 Å². The van der Waals surface area contributed by atoms with Gasteiger partial charge in [0.1, 0.15) is 14.2 Å². The Morgan fingerprint density at radius 3 is 1.96 bits per heavy atom.